The molecule has 1 heterocycles. The largest absolute Gasteiger partial charge is 0.493 e. The van der Waals surface area contributed by atoms with Crippen LogP contribution in [-0.4, -0.2) is 62.3 Å². The zero-order valence-corrected chi connectivity index (χ0v) is 20.3. The highest BCUT2D eigenvalue weighted by Crippen LogP contribution is 2.26. The number of carbonyl (C=O) groups is 1. The van der Waals surface area contributed by atoms with Crippen LogP contribution in [0.15, 0.2) is 77.9 Å². The van der Waals surface area contributed by atoms with E-state index >= 15 is 0 Å². The maximum Gasteiger partial charge on any atom is 0.271 e. The van der Waals surface area contributed by atoms with Gasteiger partial charge in [-0.3, -0.25) is 14.6 Å². The normalized spacial score (nSPS) is 14.7. The van der Waals surface area contributed by atoms with Gasteiger partial charge in [-0.15, -0.1) is 0 Å². The SMILES string of the molecule is COc1ccc(/C=N\NC(=O)c2ccc(CN3CCN(Cc4ccccc4)CC3)cc2)cc1OC. The number of nitrogens with zero attached hydrogens (tertiary/aromatic N) is 3. The molecule has 7 heteroatoms. The first-order valence-electron chi connectivity index (χ1n) is 11.8. The Morgan fingerprint density at radius 3 is 2.03 bits per heavy atom. The molecule has 3 aromatic rings. The summed E-state index contributed by atoms with van der Waals surface area (Å²) in [6.45, 7) is 6.10. The van der Waals surface area contributed by atoms with Crippen LogP contribution >= 0.6 is 0 Å². The first-order chi connectivity index (χ1) is 17.1. The highest BCUT2D eigenvalue weighted by molar-refractivity contribution is 5.94. The number of benzene rings is 3. The van der Waals surface area contributed by atoms with E-state index in [1.54, 1.807) is 32.6 Å². The molecule has 35 heavy (non-hydrogen) atoms. The van der Waals surface area contributed by atoms with Crippen molar-refractivity contribution in [3.63, 3.8) is 0 Å². The third-order valence-electron chi connectivity index (χ3n) is 6.12. The van der Waals surface area contributed by atoms with Crippen molar-refractivity contribution in [3.05, 3.63) is 95.1 Å². The van der Waals surface area contributed by atoms with Crippen LogP contribution in [0.2, 0.25) is 0 Å². The molecule has 1 aliphatic rings. The van der Waals surface area contributed by atoms with E-state index in [1.165, 1.54) is 11.1 Å². The number of hydrogen-bond donors (Lipinski definition) is 1. The van der Waals surface area contributed by atoms with Crippen LogP contribution in [0.3, 0.4) is 0 Å². The first kappa shape index (κ1) is 24.4. The first-order valence-corrected chi connectivity index (χ1v) is 11.8. The van der Waals surface area contributed by atoms with Crippen LogP contribution in [0.4, 0.5) is 0 Å². The van der Waals surface area contributed by atoms with E-state index in [1.807, 2.05) is 30.3 Å². The second-order valence-electron chi connectivity index (χ2n) is 8.55. The fourth-order valence-corrected chi connectivity index (χ4v) is 4.13. The number of methoxy groups -OCH3 is 2. The van der Waals surface area contributed by atoms with Gasteiger partial charge in [0.2, 0.25) is 0 Å². The summed E-state index contributed by atoms with van der Waals surface area (Å²) in [5.41, 5.74) is 6.51. The molecular weight excluding hydrogens is 440 g/mol. The van der Waals surface area contributed by atoms with Gasteiger partial charge in [0, 0.05) is 44.8 Å². The van der Waals surface area contributed by atoms with Crippen LogP contribution in [0, 0.1) is 0 Å². The van der Waals surface area contributed by atoms with Crippen LogP contribution in [-0.2, 0) is 13.1 Å². The Kier molecular flexibility index (Phi) is 8.48. The molecule has 0 spiro atoms. The molecular formula is C28H32N4O3. The topological polar surface area (TPSA) is 66.4 Å². The second-order valence-corrected chi connectivity index (χ2v) is 8.55. The number of amides is 1. The van der Waals surface area contributed by atoms with E-state index in [0.717, 1.165) is 44.8 Å². The van der Waals surface area contributed by atoms with E-state index in [9.17, 15) is 4.79 Å². The van der Waals surface area contributed by atoms with Crippen LogP contribution in [0.25, 0.3) is 0 Å². The summed E-state index contributed by atoms with van der Waals surface area (Å²) >= 11 is 0. The number of nitrogens with one attached hydrogen (secondary N) is 1. The van der Waals surface area contributed by atoms with E-state index in [2.05, 4.69) is 50.7 Å². The third-order valence-corrected chi connectivity index (χ3v) is 6.12. The molecule has 182 valence electrons. The van der Waals surface area contributed by atoms with Crippen molar-refractivity contribution in [1.29, 1.82) is 0 Å². The molecule has 0 bridgehead atoms. The highest BCUT2D eigenvalue weighted by Gasteiger charge is 2.17. The van der Waals surface area contributed by atoms with Crippen molar-refractivity contribution < 1.29 is 14.3 Å². The van der Waals surface area contributed by atoms with Gasteiger partial charge in [-0.1, -0.05) is 42.5 Å². The Morgan fingerprint density at radius 2 is 1.43 bits per heavy atom. The highest BCUT2D eigenvalue weighted by atomic mass is 16.5. The van der Waals surface area contributed by atoms with Crippen molar-refractivity contribution >= 4 is 12.1 Å². The number of piperazine rings is 1. The predicted octanol–water partition coefficient (Wildman–Crippen LogP) is 3.79. The number of hydrazone groups is 1. The Bertz CT molecular complexity index is 1120. The Balaban J connectivity index is 1.23. The molecule has 1 aliphatic heterocycles. The van der Waals surface area contributed by atoms with Gasteiger partial charge in [-0.2, -0.15) is 5.10 Å². The second kappa shape index (κ2) is 12.1. The zero-order chi connectivity index (χ0) is 24.5. The van der Waals surface area contributed by atoms with Gasteiger partial charge in [0.15, 0.2) is 11.5 Å². The summed E-state index contributed by atoms with van der Waals surface area (Å²) in [6, 6.07) is 23.8. The van der Waals surface area contributed by atoms with Crippen molar-refractivity contribution in [1.82, 2.24) is 15.2 Å². The lowest BCUT2D eigenvalue weighted by atomic mass is 10.1. The molecule has 0 atom stereocenters. The quantitative estimate of drug-likeness (QED) is 0.379. The molecule has 4 rings (SSSR count). The minimum Gasteiger partial charge on any atom is -0.493 e. The average Bonchev–Trinajstić information content (AvgIpc) is 2.90. The summed E-state index contributed by atoms with van der Waals surface area (Å²) in [6.07, 6.45) is 1.58. The summed E-state index contributed by atoms with van der Waals surface area (Å²) in [5, 5.41) is 4.07. The Labute approximate surface area is 207 Å². The van der Waals surface area contributed by atoms with Gasteiger partial charge in [-0.05, 0) is 47.0 Å². The molecule has 1 amide bonds. The molecule has 1 saturated heterocycles. The van der Waals surface area contributed by atoms with Crippen molar-refractivity contribution in [2.24, 2.45) is 5.10 Å². The number of carbonyl (C=O) groups excluding carboxylic acids is 1. The van der Waals surface area contributed by atoms with E-state index in [4.69, 9.17) is 9.47 Å². The van der Waals surface area contributed by atoms with Crippen molar-refractivity contribution in [2.75, 3.05) is 40.4 Å². The minimum atomic E-state index is -0.247. The predicted molar refractivity (Wildman–Crippen MR) is 138 cm³/mol. The Morgan fingerprint density at radius 1 is 0.829 bits per heavy atom. The standard InChI is InChI=1S/C28H32N4O3/c1-34-26-13-10-24(18-27(26)35-2)19-29-30-28(33)25-11-8-23(9-12-25)21-32-16-14-31(15-17-32)20-22-6-4-3-5-7-22/h3-13,18-19H,14-17,20-21H2,1-2H3,(H,30,33)/b29-19-. The van der Waals surface area contributed by atoms with Crippen molar-refractivity contribution in [3.8, 4) is 11.5 Å². The lowest BCUT2D eigenvalue weighted by Crippen LogP contribution is -2.45. The zero-order valence-electron chi connectivity index (χ0n) is 20.3. The van der Waals surface area contributed by atoms with E-state index in [-0.39, 0.29) is 5.91 Å². The molecule has 0 aromatic heterocycles. The Hall–Kier alpha value is -3.68. The average molecular weight is 473 g/mol. The number of hydrogen-bond acceptors (Lipinski definition) is 6. The van der Waals surface area contributed by atoms with Crippen LogP contribution in [0.5, 0.6) is 11.5 Å². The summed E-state index contributed by atoms with van der Waals surface area (Å²) in [4.78, 5) is 17.4. The van der Waals surface area contributed by atoms with Crippen molar-refractivity contribution in [2.45, 2.75) is 13.1 Å². The summed E-state index contributed by atoms with van der Waals surface area (Å²) in [5.74, 6) is 1.00. The van der Waals surface area contributed by atoms with Gasteiger partial charge in [0.05, 0.1) is 20.4 Å². The van der Waals surface area contributed by atoms with E-state index in [0.29, 0.717) is 17.1 Å². The molecule has 0 unspecified atom stereocenters. The minimum absolute atomic E-state index is 0.247. The van der Waals surface area contributed by atoms with Gasteiger partial charge in [0.1, 0.15) is 0 Å². The van der Waals surface area contributed by atoms with Crippen LogP contribution < -0.4 is 14.9 Å². The third kappa shape index (κ3) is 6.91. The smallest absolute Gasteiger partial charge is 0.271 e. The number of rotatable bonds is 9. The molecule has 1 N–H and O–H groups in total. The monoisotopic (exact) mass is 472 g/mol. The molecule has 0 radical (unpaired) electrons. The fraction of sp³-hybridized carbons (Fsp3) is 0.286. The maximum absolute atomic E-state index is 12.5. The molecule has 1 fully saturated rings. The maximum atomic E-state index is 12.5. The number of ether oxygens (including phenoxy) is 2. The molecule has 0 saturated carbocycles. The van der Waals surface area contributed by atoms with Gasteiger partial charge in [-0.25, -0.2) is 5.43 Å². The van der Waals surface area contributed by atoms with Crippen LogP contribution in [0.1, 0.15) is 27.0 Å². The van der Waals surface area contributed by atoms with Gasteiger partial charge >= 0.3 is 0 Å². The van der Waals surface area contributed by atoms with Gasteiger partial charge < -0.3 is 9.47 Å². The molecule has 3 aromatic carbocycles. The van der Waals surface area contributed by atoms with E-state index < -0.39 is 0 Å². The lowest BCUT2D eigenvalue weighted by molar-refractivity contribution is 0.0955. The molecule has 0 aliphatic carbocycles. The molecule has 7 nitrogen and oxygen atoms in total. The summed E-state index contributed by atoms with van der Waals surface area (Å²) < 4.78 is 10.5. The lowest BCUT2D eigenvalue weighted by Gasteiger charge is -2.34. The fourth-order valence-electron chi connectivity index (χ4n) is 4.13. The van der Waals surface area contributed by atoms with Gasteiger partial charge in [0.25, 0.3) is 5.91 Å². The summed E-state index contributed by atoms with van der Waals surface area (Å²) in [7, 11) is 3.17.